The molecule has 0 amide bonds. The average molecular weight is 245 g/mol. The minimum atomic E-state index is -0.385. The molecule has 96 valence electrons. The summed E-state index contributed by atoms with van der Waals surface area (Å²) in [5, 5.41) is 2.17. The van der Waals surface area contributed by atoms with E-state index in [1.54, 1.807) is 0 Å². The van der Waals surface area contributed by atoms with E-state index in [0.717, 1.165) is 22.0 Å². The second kappa shape index (κ2) is 5.85. The number of nitrogen functional groups attached to an aromatic ring is 1. The molecule has 0 aliphatic carbocycles. The fourth-order valence-electron chi connectivity index (χ4n) is 2.05. The minimum Gasteiger partial charge on any atom is -0.398 e. The van der Waals surface area contributed by atoms with Gasteiger partial charge < -0.3 is 15.2 Å². The first-order valence-electron chi connectivity index (χ1n) is 6.28. The molecular formula is C15H19NO2. The maximum atomic E-state index is 6.22. The third-order valence-corrected chi connectivity index (χ3v) is 2.89. The fourth-order valence-corrected chi connectivity index (χ4v) is 2.05. The van der Waals surface area contributed by atoms with E-state index < -0.39 is 0 Å². The van der Waals surface area contributed by atoms with Crippen molar-refractivity contribution in [2.75, 3.05) is 18.9 Å². The maximum Gasteiger partial charge on any atom is 0.185 e. The molecule has 0 bridgehead atoms. The molecule has 0 radical (unpaired) electrons. The highest BCUT2D eigenvalue weighted by Gasteiger charge is 2.15. The minimum absolute atomic E-state index is 0.385. The summed E-state index contributed by atoms with van der Waals surface area (Å²) in [5.74, 6) is 0. The van der Waals surface area contributed by atoms with Crippen LogP contribution in [0.2, 0.25) is 0 Å². The third kappa shape index (κ3) is 2.47. The lowest BCUT2D eigenvalue weighted by molar-refractivity contribution is -0.139. The Morgan fingerprint density at radius 1 is 1.00 bits per heavy atom. The van der Waals surface area contributed by atoms with E-state index in [-0.39, 0.29) is 6.29 Å². The molecule has 3 heteroatoms. The molecule has 2 N–H and O–H groups in total. The first-order valence-corrected chi connectivity index (χ1v) is 6.28. The quantitative estimate of drug-likeness (QED) is 0.647. The molecule has 3 nitrogen and oxygen atoms in total. The number of nitrogens with two attached hydrogens (primary N) is 1. The van der Waals surface area contributed by atoms with Crippen LogP contribution in [0, 0.1) is 0 Å². The van der Waals surface area contributed by atoms with Crippen molar-refractivity contribution < 1.29 is 9.47 Å². The Labute approximate surface area is 108 Å². The van der Waals surface area contributed by atoms with Gasteiger partial charge in [-0.05, 0) is 19.2 Å². The number of rotatable bonds is 5. The highest BCUT2D eigenvalue weighted by Crippen LogP contribution is 2.31. The largest absolute Gasteiger partial charge is 0.398 e. The number of anilines is 1. The third-order valence-electron chi connectivity index (χ3n) is 2.89. The molecule has 0 unspecified atom stereocenters. The van der Waals surface area contributed by atoms with Gasteiger partial charge in [-0.3, -0.25) is 0 Å². The van der Waals surface area contributed by atoms with E-state index in [2.05, 4.69) is 0 Å². The summed E-state index contributed by atoms with van der Waals surface area (Å²) >= 11 is 0. The normalized spacial score (nSPS) is 11.3. The van der Waals surface area contributed by atoms with Crippen molar-refractivity contribution in [1.82, 2.24) is 0 Å². The molecule has 0 aliphatic rings. The lowest BCUT2D eigenvalue weighted by Gasteiger charge is -2.19. The monoisotopic (exact) mass is 245 g/mol. The van der Waals surface area contributed by atoms with Crippen LogP contribution in [-0.4, -0.2) is 13.2 Å². The van der Waals surface area contributed by atoms with Gasteiger partial charge in [0.25, 0.3) is 0 Å². The van der Waals surface area contributed by atoms with Crippen molar-refractivity contribution in [2.45, 2.75) is 20.1 Å². The van der Waals surface area contributed by atoms with E-state index >= 15 is 0 Å². The van der Waals surface area contributed by atoms with Crippen molar-refractivity contribution in [2.24, 2.45) is 0 Å². The lowest BCUT2D eigenvalue weighted by Crippen LogP contribution is -2.11. The maximum absolute atomic E-state index is 6.22. The Balaban J connectivity index is 2.46. The highest BCUT2D eigenvalue weighted by molar-refractivity contribution is 5.94. The van der Waals surface area contributed by atoms with Gasteiger partial charge in [0.1, 0.15) is 0 Å². The first-order chi connectivity index (χ1) is 8.77. The number of hydrogen-bond acceptors (Lipinski definition) is 3. The van der Waals surface area contributed by atoms with E-state index in [1.807, 2.05) is 50.2 Å². The molecule has 0 atom stereocenters. The second-order valence-electron chi connectivity index (χ2n) is 4.03. The van der Waals surface area contributed by atoms with Gasteiger partial charge in [0.05, 0.1) is 0 Å². The molecule has 0 saturated carbocycles. The Kier molecular flexibility index (Phi) is 4.18. The zero-order chi connectivity index (χ0) is 13.0. The van der Waals surface area contributed by atoms with Crippen LogP contribution >= 0.6 is 0 Å². The first kappa shape index (κ1) is 12.9. The fraction of sp³-hybridized carbons (Fsp3) is 0.333. The van der Waals surface area contributed by atoms with E-state index in [0.29, 0.717) is 13.2 Å². The Hall–Kier alpha value is -1.58. The molecule has 0 fully saturated rings. The van der Waals surface area contributed by atoms with Gasteiger partial charge in [-0.15, -0.1) is 0 Å². The Morgan fingerprint density at radius 2 is 1.67 bits per heavy atom. The summed E-state index contributed by atoms with van der Waals surface area (Å²) in [5.41, 5.74) is 7.86. The van der Waals surface area contributed by atoms with Gasteiger partial charge in [-0.2, -0.15) is 0 Å². The van der Waals surface area contributed by atoms with E-state index in [9.17, 15) is 0 Å². The molecule has 0 aliphatic heterocycles. The summed E-state index contributed by atoms with van der Waals surface area (Å²) < 4.78 is 11.2. The molecular weight excluding hydrogens is 226 g/mol. The Morgan fingerprint density at radius 3 is 2.33 bits per heavy atom. The number of hydrogen-bond donors (Lipinski definition) is 1. The van der Waals surface area contributed by atoms with Crippen molar-refractivity contribution in [3.63, 3.8) is 0 Å². The number of fused-ring (bicyclic) bond motifs is 1. The standard InChI is InChI=1S/C15H19NO2/c1-3-17-15(18-4-2)13-10-9-11-7-5-6-8-12(11)14(13)16/h5-10,15H,3-4,16H2,1-2H3. The summed E-state index contributed by atoms with van der Waals surface area (Å²) in [4.78, 5) is 0. The summed E-state index contributed by atoms with van der Waals surface area (Å²) in [6.07, 6.45) is -0.385. The zero-order valence-electron chi connectivity index (χ0n) is 10.8. The van der Waals surface area contributed by atoms with Crippen LogP contribution in [0.5, 0.6) is 0 Å². The van der Waals surface area contributed by atoms with Crippen LogP contribution in [0.25, 0.3) is 10.8 Å². The molecule has 2 aromatic rings. The molecule has 0 heterocycles. The van der Waals surface area contributed by atoms with Crippen LogP contribution in [0.15, 0.2) is 36.4 Å². The smallest absolute Gasteiger partial charge is 0.185 e. The predicted molar refractivity (Wildman–Crippen MR) is 74.4 cm³/mol. The molecule has 2 aromatic carbocycles. The Bertz CT molecular complexity index is 519. The lowest BCUT2D eigenvalue weighted by atomic mass is 10.0. The molecule has 2 rings (SSSR count). The highest BCUT2D eigenvalue weighted by atomic mass is 16.7. The van der Waals surface area contributed by atoms with Crippen molar-refractivity contribution in [3.8, 4) is 0 Å². The van der Waals surface area contributed by atoms with Gasteiger partial charge >= 0.3 is 0 Å². The van der Waals surface area contributed by atoms with Crippen LogP contribution in [0.3, 0.4) is 0 Å². The zero-order valence-corrected chi connectivity index (χ0v) is 10.8. The van der Waals surface area contributed by atoms with E-state index in [1.165, 1.54) is 0 Å². The van der Waals surface area contributed by atoms with Crippen molar-refractivity contribution >= 4 is 16.5 Å². The second-order valence-corrected chi connectivity index (χ2v) is 4.03. The van der Waals surface area contributed by atoms with Gasteiger partial charge in [0, 0.05) is 29.9 Å². The molecule has 0 aromatic heterocycles. The topological polar surface area (TPSA) is 44.5 Å². The van der Waals surface area contributed by atoms with Crippen molar-refractivity contribution in [1.29, 1.82) is 0 Å². The van der Waals surface area contributed by atoms with Gasteiger partial charge in [0.2, 0.25) is 0 Å². The molecule has 0 spiro atoms. The summed E-state index contributed by atoms with van der Waals surface area (Å²) in [7, 11) is 0. The van der Waals surface area contributed by atoms with Crippen LogP contribution in [0.4, 0.5) is 5.69 Å². The van der Waals surface area contributed by atoms with Gasteiger partial charge in [-0.1, -0.05) is 36.4 Å². The van der Waals surface area contributed by atoms with Crippen LogP contribution in [0.1, 0.15) is 25.7 Å². The molecule has 0 saturated heterocycles. The summed E-state index contributed by atoms with van der Waals surface area (Å²) in [6.45, 7) is 5.08. The van der Waals surface area contributed by atoms with E-state index in [4.69, 9.17) is 15.2 Å². The average Bonchev–Trinajstić information content (AvgIpc) is 2.39. The van der Waals surface area contributed by atoms with Gasteiger partial charge in [-0.25, -0.2) is 0 Å². The SMILES string of the molecule is CCOC(OCC)c1ccc2ccccc2c1N. The van der Waals surface area contributed by atoms with Gasteiger partial charge in [0.15, 0.2) is 6.29 Å². The number of benzene rings is 2. The predicted octanol–water partition coefficient (Wildman–Crippen LogP) is 3.49. The summed E-state index contributed by atoms with van der Waals surface area (Å²) in [6, 6.07) is 12.1. The van der Waals surface area contributed by atoms with Crippen LogP contribution in [-0.2, 0) is 9.47 Å². The number of ether oxygens (including phenoxy) is 2. The molecule has 18 heavy (non-hydrogen) atoms. The van der Waals surface area contributed by atoms with Crippen molar-refractivity contribution in [3.05, 3.63) is 42.0 Å². The van der Waals surface area contributed by atoms with Crippen LogP contribution < -0.4 is 5.73 Å².